The third kappa shape index (κ3) is 5.00. The van der Waals surface area contributed by atoms with Crippen molar-refractivity contribution in [3.05, 3.63) is 29.8 Å². The molecule has 1 aromatic carbocycles. The molecule has 0 amide bonds. The van der Waals surface area contributed by atoms with Crippen LogP contribution in [0.3, 0.4) is 0 Å². The van der Waals surface area contributed by atoms with Crippen LogP contribution < -0.4 is 4.90 Å². The Balaban J connectivity index is 1.35. The molecule has 0 unspecified atom stereocenters. The third-order valence-electron chi connectivity index (χ3n) is 6.18. The zero-order valence-corrected chi connectivity index (χ0v) is 16.3. The Labute approximate surface area is 162 Å². The predicted molar refractivity (Wildman–Crippen MR) is 106 cm³/mol. The van der Waals surface area contributed by atoms with E-state index in [-0.39, 0.29) is 0 Å². The van der Waals surface area contributed by atoms with Crippen molar-refractivity contribution < 1.29 is 14.6 Å². The molecule has 1 N–H and O–H groups in total. The fourth-order valence-corrected chi connectivity index (χ4v) is 4.63. The summed E-state index contributed by atoms with van der Waals surface area (Å²) < 4.78 is 10.9. The van der Waals surface area contributed by atoms with Crippen LogP contribution in [0.4, 0.5) is 5.69 Å². The van der Waals surface area contributed by atoms with Crippen molar-refractivity contribution in [1.82, 2.24) is 9.80 Å². The van der Waals surface area contributed by atoms with E-state index >= 15 is 0 Å². The highest BCUT2D eigenvalue weighted by Crippen LogP contribution is 2.27. The van der Waals surface area contributed by atoms with Crippen molar-refractivity contribution in [3.8, 4) is 0 Å². The van der Waals surface area contributed by atoms with Crippen molar-refractivity contribution >= 4 is 5.69 Å². The normalized spacial score (nSPS) is 28.0. The number of rotatable bonds is 6. The van der Waals surface area contributed by atoms with Crippen molar-refractivity contribution in [2.75, 3.05) is 83.7 Å². The molecule has 150 valence electrons. The number of hydrogen-bond acceptors (Lipinski definition) is 6. The number of morpholine rings is 2. The van der Waals surface area contributed by atoms with Crippen LogP contribution in [-0.2, 0) is 16.0 Å². The maximum atomic E-state index is 9.88. The van der Waals surface area contributed by atoms with Gasteiger partial charge < -0.3 is 19.5 Å². The quantitative estimate of drug-likeness (QED) is 0.797. The molecule has 0 aliphatic carbocycles. The number of aliphatic hydroxyl groups is 1. The minimum absolute atomic E-state index is 0.291. The molecule has 0 bridgehead atoms. The molecule has 0 aromatic heterocycles. The highest BCUT2D eigenvalue weighted by molar-refractivity contribution is 5.49. The molecule has 0 spiro atoms. The Morgan fingerprint density at radius 1 is 0.889 bits per heavy atom. The molecule has 0 saturated carbocycles. The van der Waals surface area contributed by atoms with Gasteiger partial charge in [-0.15, -0.1) is 0 Å². The molecule has 6 heteroatoms. The van der Waals surface area contributed by atoms with E-state index in [1.54, 1.807) is 0 Å². The number of ether oxygens (including phenoxy) is 2. The van der Waals surface area contributed by atoms with Crippen molar-refractivity contribution in [1.29, 1.82) is 0 Å². The first-order valence-electron chi connectivity index (χ1n) is 10.4. The van der Waals surface area contributed by atoms with Crippen LogP contribution in [0.2, 0.25) is 0 Å². The first-order valence-corrected chi connectivity index (χ1v) is 10.4. The van der Waals surface area contributed by atoms with Crippen LogP contribution in [0.5, 0.6) is 0 Å². The van der Waals surface area contributed by atoms with Crippen LogP contribution in [0.25, 0.3) is 0 Å². The maximum absolute atomic E-state index is 9.88. The summed E-state index contributed by atoms with van der Waals surface area (Å²) in [5.41, 5.74) is 2.67. The van der Waals surface area contributed by atoms with Crippen LogP contribution in [0.15, 0.2) is 24.3 Å². The monoisotopic (exact) mass is 375 g/mol. The van der Waals surface area contributed by atoms with Gasteiger partial charge in [0.05, 0.1) is 26.4 Å². The van der Waals surface area contributed by atoms with Gasteiger partial charge in [0.25, 0.3) is 0 Å². The molecule has 3 saturated heterocycles. The molecular formula is C21H33N3O3. The van der Waals surface area contributed by atoms with Crippen molar-refractivity contribution in [2.45, 2.75) is 6.54 Å². The highest BCUT2D eigenvalue weighted by atomic mass is 16.5. The van der Waals surface area contributed by atoms with E-state index in [1.165, 1.54) is 11.3 Å². The minimum atomic E-state index is 0.291. The molecule has 3 aliphatic heterocycles. The number of anilines is 1. The summed E-state index contributed by atoms with van der Waals surface area (Å²) >= 11 is 0. The van der Waals surface area contributed by atoms with Gasteiger partial charge in [-0.2, -0.15) is 0 Å². The lowest BCUT2D eigenvalue weighted by Gasteiger charge is -2.30. The molecule has 1 aromatic rings. The molecule has 2 atom stereocenters. The van der Waals surface area contributed by atoms with Gasteiger partial charge in [0.1, 0.15) is 0 Å². The molecule has 0 radical (unpaired) electrons. The second-order valence-electron chi connectivity index (χ2n) is 8.08. The average Bonchev–Trinajstić information content (AvgIpc) is 3.11. The van der Waals surface area contributed by atoms with E-state index in [4.69, 9.17) is 9.47 Å². The van der Waals surface area contributed by atoms with E-state index in [9.17, 15) is 5.11 Å². The smallest absolute Gasteiger partial charge is 0.0642 e. The Morgan fingerprint density at radius 2 is 1.59 bits per heavy atom. The summed E-state index contributed by atoms with van der Waals surface area (Å²) in [6.07, 6.45) is 0. The topological polar surface area (TPSA) is 48.4 Å². The molecule has 3 fully saturated rings. The SMILES string of the molecule is OC[C@@H]1CN(Cc2cccc(N3CCOCC3)c2)C[C@@H]1CN1CCOCC1. The van der Waals surface area contributed by atoms with Crippen LogP contribution >= 0.6 is 0 Å². The standard InChI is InChI=1S/C21H33N3O3/c25-17-20-16-23(15-19(20)14-22-4-8-26-9-5-22)13-18-2-1-3-21(12-18)24-6-10-27-11-7-24/h1-3,12,19-20,25H,4-11,13-17H2/t19-,20-/m0/s1. The zero-order chi connectivity index (χ0) is 18.5. The summed E-state index contributed by atoms with van der Waals surface area (Å²) in [4.78, 5) is 7.43. The summed E-state index contributed by atoms with van der Waals surface area (Å²) in [6, 6.07) is 8.93. The first-order chi connectivity index (χ1) is 13.3. The largest absolute Gasteiger partial charge is 0.396 e. The first kappa shape index (κ1) is 19.2. The second kappa shape index (κ2) is 9.34. The van der Waals surface area contributed by atoms with E-state index < -0.39 is 0 Å². The summed E-state index contributed by atoms with van der Waals surface area (Å²) in [6.45, 7) is 11.7. The Hall–Kier alpha value is -1.18. The Morgan fingerprint density at radius 3 is 2.33 bits per heavy atom. The van der Waals surface area contributed by atoms with Gasteiger partial charge in [-0.3, -0.25) is 9.80 Å². The Kier molecular flexibility index (Phi) is 6.63. The van der Waals surface area contributed by atoms with E-state index in [0.717, 1.165) is 78.8 Å². The molecule has 6 nitrogen and oxygen atoms in total. The van der Waals surface area contributed by atoms with Gasteiger partial charge in [-0.05, 0) is 29.5 Å². The maximum Gasteiger partial charge on any atom is 0.0642 e. The van der Waals surface area contributed by atoms with Gasteiger partial charge in [0.15, 0.2) is 0 Å². The molecule has 3 heterocycles. The second-order valence-corrected chi connectivity index (χ2v) is 8.08. The Bertz CT molecular complexity index is 588. The number of hydrogen-bond donors (Lipinski definition) is 1. The lowest BCUT2D eigenvalue weighted by atomic mass is 9.96. The summed E-state index contributed by atoms with van der Waals surface area (Å²) in [5.74, 6) is 0.936. The van der Waals surface area contributed by atoms with Crippen LogP contribution in [0, 0.1) is 11.8 Å². The van der Waals surface area contributed by atoms with E-state index in [2.05, 4.69) is 39.0 Å². The minimum Gasteiger partial charge on any atom is -0.396 e. The van der Waals surface area contributed by atoms with Gasteiger partial charge in [-0.25, -0.2) is 0 Å². The fourth-order valence-electron chi connectivity index (χ4n) is 4.63. The van der Waals surface area contributed by atoms with Crippen LogP contribution in [-0.4, -0.2) is 93.8 Å². The fraction of sp³-hybridized carbons (Fsp3) is 0.714. The van der Waals surface area contributed by atoms with Gasteiger partial charge in [0, 0.05) is 64.7 Å². The van der Waals surface area contributed by atoms with Crippen molar-refractivity contribution in [2.24, 2.45) is 11.8 Å². The van der Waals surface area contributed by atoms with E-state index in [0.29, 0.717) is 18.4 Å². The summed E-state index contributed by atoms with van der Waals surface area (Å²) in [7, 11) is 0. The number of nitrogens with zero attached hydrogens (tertiary/aromatic N) is 3. The molecular weight excluding hydrogens is 342 g/mol. The summed E-state index contributed by atoms with van der Waals surface area (Å²) in [5, 5.41) is 9.88. The number of likely N-dealkylation sites (tertiary alicyclic amines) is 1. The third-order valence-corrected chi connectivity index (χ3v) is 6.18. The lowest BCUT2D eigenvalue weighted by molar-refractivity contribution is 0.0264. The zero-order valence-electron chi connectivity index (χ0n) is 16.3. The molecule has 27 heavy (non-hydrogen) atoms. The number of benzene rings is 1. The lowest BCUT2D eigenvalue weighted by Crippen LogP contribution is -2.41. The average molecular weight is 376 g/mol. The van der Waals surface area contributed by atoms with Crippen LogP contribution in [0.1, 0.15) is 5.56 Å². The highest BCUT2D eigenvalue weighted by Gasteiger charge is 2.33. The number of aliphatic hydroxyl groups excluding tert-OH is 1. The van der Waals surface area contributed by atoms with E-state index in [1.807, 2.05) is 0 Å². The van der Waals surface area contributed by atoms with Gasteiger partial charge in [0.2, 0.25) is 0 Å². The van der Waals surface area contributed by atoms with Gasteiger partial charge in [-0.1, -0.05) is 12.1 Å². The van der Waals surface area contributed by atoms with Gasteiger partial charge >= 0.3 is 0 Å². The molecule has 3 aliphatic rings. The predicted octanol–water partition coefficient (Wildman–Crippen LogP) is 0.896. The van der Waals surface area contributed by atoms with Crippen molar-refractivity contribution in [3.63, 3.8) is 0 Å². The molecule has 4 rings (SSSR count).